The zero-order valence-corrected chi connectivity index (χ0v) is 41.2. The van der Waals surface area contributed by atoms with Crippen LogP contribution >= 0.6 is 0 Å². The van der Waals surface area contributed by atoms with Gasteiger partial charge in [-0.3, -0.25) is 0 Å². The summed E-state index contributed by atoms with van der Waals surface area (Å²) in [4.78, 5) is 39.3. The molecule has 1 heterocycles. The molecular formula is C58H76O9. The Hall–Kier alpha value is -4.47. The minimum atomic E-state index is -0.581. The van der Waals surface area contributed by atoms with Crippen molar-refractivity contribution in [3.63, 3.8) is 0 Å². The lowest BCUT2D eigenvalue weighted by molar-refractivity contribution is -0.150. The molecule has 4 fully saturated rings. The predicted molar refractivity (Wildman–Crippen MR) is 261 cm³/mol. The minimum absolute atomic E-state index is 0.143. The lowest BCUT2D eigenvalue weighted by atomic mass is 9.47. The first-order valence-corrected chi connectivity index (χ1v) is 25.7. The number of benzene rings is 3. The lowest BCUT2D eigenvalue weighted by Gasteiger charge is -2.58. The minimum Gasteiger partial charge on any atom is -0.494 e. The molecular weight excluding hydrogens is 841 g/mol. The van der Waals surface area contributed by atoms with Gasteiger partial charge in [-0.25, -0.2) is 14.4 Å². The Morgan fingerprint density at radius 1 is 0.687 bits per heavy atom. The molecule has 0 N–H and O–H groups in total. The van der Waals surface area contributed by atoms with Crippen LogP contribution in [0, 0.1) is 51.8 Å². The molecule has 0 spiro atoms. The summed E-state index contributed by atoms with van der Waals surface area (Å²) >= 11 is 0. The largest absolute Gasteiger partial charge is 0.494 e. The van der Waals surface area contributed by atoms with E-state index in [2.05, 4.69) is 47.6 Å². The number of fused-ring (bicyclic) bond motifs is 5. The van der Waals surface area contributed by atoms with Crippen molar-refractivity contribution in [3.05, 3.63) is 101 Å². The van der Waals surface area contributed by atoms with Crippen molar-refractivity contribution in [2.45, 2.75) is 138 Å². The summed E-state index contributed by atoms with van der Waals surface area (Å²) in [6.07, 6.45) is 18.8. The standard InChI is InChI=1S/C58H76O9/c1-7-58(37-63-38-58)36-62-33-8-9-34-64-45-22-24-47(25-23-45)66-54(60)42-15-13-41(14-16-42)53(59)65-46-20-17-43(18-21-46)55(61)67-48-29-31-56(5)44(35-48)19-26-49-51-28-27-50(40(4)12-10-11-39(2)3)57(51,6)32-30-52(49)56/h13-25,39-40,48-52H,7-12,26-38H2,1-6H3. The molecule has 8 rings (SSSR count). The van der Waals surface area contributed by atoms with Crippen LogP contribution in [0.4, 0.5) is 0 Å². The van der Waals surface area contributed by atoms with Crippen molar-refractivity contribution in [2.75, 3.05) is 33.0 Å². The molecule has 0 radical (unpaired) electrons. The second-order valence-electron chi connectivity index (χ2n) is 21.9. The number of carbonyl (C=O) groups excluding carboxylic acids is 3. The van der Waals surface area contributed by atoms with E-state index in [9.17, 15) is 14.4 Å². The van der Waals surface area contributed by atoms with Crippen LogP contribution in [0.15, 0.2) is 84.4 Å². The van der Waals surface area contributed by atoms with Crippen LogP contribution < -0.4 is 14.2 Å². The monoisotopic (exact) mass is 917 g/mol. The number of hydrogen-bond acceptors (Lipinski definition) is 9. The summed E-state index contributed by atoms with van der Waals surface area (Å²) in [6, 6.07) is 19.5. The molecule has 4 aliphatic carbocycles. The zero-order chi connectivity index (χ0) is 47.2. The lowest BCUT2D eigenvalue weighted by Crippen LogP contribution is -2.51. The average Bonchev–Trinajstić information content (AvgIpc) is 3.67. The normalized spacial score (nSPS) is 27.6. The Balaban J connectivity index is 0.755. The highest BCUT2D eigenvalue weighted by Gasteiger charge is 2.59. The van der Waals surface area contributed by atoms with Gasteiger partial charge in [0.15, 0.2) is 0 Å². The van der Waals surface area contributed by atoms with Gasteiger partial charge in [-0.15, -0.1) is 0 Å². The maximum Gasteiger partial charge on any atom is 0.343 e. The highest BCUT2D eigenvalue weighted by Crippen LogP contribution is 2.67. The van der Waals surface area contributed by atoms with Crippen LogP contribution in [-0.4, -0.2) is 57.0 Å². The fourth-order valence-corrected chi connectivity index (χ4v) is 12.9. The van der Waals surface area contributed by atoms with Crippen LogP contribution in [0.3, 0.4) is 0 Å². The molecule has 1 aliphatic heterocycles. The second kappa shape index (κ2) is 21.4. The smallest absolute Gasteiger partial charge is 0.343 e. The van der Waals surface area contributed by atoms with E-state index in [1.165, 1.54) is 81.2 Å². The van der Waals surface area contributed by atoms with Crippen LogP contribution in [0.5, 0.6) is 17.2 Å². The Bertz CT molecular complexity index is 2170. The number of hydrogen-bond donors (Lipinski definition) is 0. The Kier molecular flexibility index (Phi) is 15.7. The van der Waals surface area contributed by atoms with Gasteiger partial charge in [-0.2, -0.15) is 0 Å². The maximum atomic E-state index is 13.4. The third kappa shape index (κ3) is 11.2. The van der Waals surface area contributed by atoms with E-state index >= 15 is 0 Å². The molecule has 3 aromatic rings. The molecule has 9 nitrogen and oxygen atoms in total. The number of unbranched alkanes of at least 4 members (excludes halogenated alkanes) is 1. The molecule has 5 aliphatic rings. The summed E-state index contributed by atoms with van der Waals surface area (Å²) in [5.41, 5.74) is 3.36. The van der Waals surface area contributed by atoms with Gasteiger partial charge in [0.2, 0.25) is 0 Å². The van der Waals surface area contributed by atoms with E-state index in [1.807, 2.05) is 0 Å². The molecule has 8 atom stereocenters. The molecule has 67 heavy (non-hydrogen) atoms. The van der Waals surface area contributed by atoms with Crippen molar-refractivity contribution in [3.8, 4) is 17.2 Å². The molecule has 0 aromatic heterocycles. The van der Waals surface area contributed by atoms with Gasteiger partial charge in [0, 0.05) is 18.4 Å². The summed E-state index contributed by atoms with van der Waals surface area (Å²) in [7, 11) is 0. The average molecular weight is 917 g/mol. The highest BCUT2D eigenvalue weighted by atomic mass is 16.5. The van der Waals surface area contributed by atoms with E-state index in [0.717, 1.165) is 93.9 Å². The fraction of sp³-hybridized carbons (Fsp3) is 0.603. The number of esters is 3. The van der Waals surface area contributed by atoms with Crippen molar-refractivity contribution in [1.29, 1.82) is 0 Å². The third-order valence-electron chi connectivity index (χ3n) is 17.2. The van der Waals surface area contributed by atoms with Crippen molar-refractivity contribution in [2.24, 2.45) is 51.8 Å². The molecule has 9 heteroatoms. The van der Waals surface area contributed by atoms with Gasteiger partial charge in [0.1, 0.15) is 23.4 Å². The van der Waals surface area contributed by atoms with Gasteiger partial charge in [-0.05, 0) is 183 Å². The van der Waals surface area contributed by atoms with E-state index in [0.29, 0.717) is 47.0 Å². The molecule has 3 aromatic carbocycles. The predicted octanol–water partition coefficient (Wildman–Crippen LogP) is 13.3. The summed E-state index contributed by atoms with van der Waals surface area (Å²) in [6.45, 7) is 18.2. The number of allylic oxidation sites excluding steroid dienone is 1. The summed E-state index contributed by atoms with van der Waals surface area (Å²) < 4.78 is 34.4. The van der Waals surface area contributed by atoms with Gasteiger partial charge in [-0.1, -0.05) is 72.5 Å². The first kappa shape index (κ1) is 49.0. The Morgan fingerprint density at radius 3 is 1.93 bits per heavy atom. The maximum absolute atomic E-state index is 13.4. The topological polar surface area (TPSA) is 107 Å². The fourth-order valence-electron chi connectivity index (χ4n) is 12.9. The highest BCUT2D eigenvalue weighted by molar-refractivity contribution is 5.95. The summed E-state index contributed by atoms with van der Waals surface area (Å²) in [5, 5.41) is 0. The SMILES string of the molecule is CCC1(COCCCCOc2ccc(OC(=O)c3ccc(C(=O)Oc4ccc(C(=O)OC5CCC6(C)C(=CCC7C6CCC6(C)C(C(C)CCCC(C)C)CCC76)C5)cc4)cc3)cc2)COC1. The van der Waals surface area contributed by atoms with Crippen molar-refractivity contribution < 1.29 is 42.8 Å². The van der Waals surface area contributed by atoms with Crippen molar-refractivity contribution in [1.82, 2.24) is 0 Å². The zero-order valence-electron chi connectivity index (χ0n) is 41.2. The molecule has 362 valence electrons. The number of ether oxygens (including phenoxy) is 6. The Morgan fingerprint density at radius 2 is 1.30 bits per heavy atom. The van der Waals surface area contributed by atoms with E-state index in [4.69, 9.17) is 28.4 Å². The van der Waals surface area contributed by atoms with Gasteiger partial charge in [0.25, 0.3) is 0 Å². The van der Waals surface area contributed by atoms with Crippen LogP contribution in [-0.2, 0) is 14.2 Å². The molecule has 0 amide bonds. The molecule has 0 bridgehead atoms. The second-order valence-corrected chi connectivity index (χ2v) is 21.9. The number of carbonyl (C=O) groups is 3. The Labute approximate surface area is 400 Å². The number of rotatable bonds is 20. The van der Waals surface area contributed by atoms with E-state index in [-0.39, 0.29) is 28.5 Å². The van der Waals surface area contributed by atoms with Crippen LogP contribution in [0.1, 0.15) is 163 Å². The van der Waals surface area contributed by atoms with Gasteiger partial charge in [0.05, 0.1) is 43.1 Å². The first-order valence-electron chi connectivity index (χ1n) is 25.7. The first-order chi connectivity index (χ1) is 32.3. The van der Waals surface area contributed by atoms with Crippen LogP contribution in [0.25, 0.3) is 0 Å². The van der Waals surface area contributed by atoms with Crippen LogP contribution in [0.2, 0.25) is 0 Å². The quantitative estimate of drug-likeness (QED) is 0.0474. The third-order valence-corrected chi connectivity index (χ3v) is 17.2. The van der Waals surface area contributed by atoms with Gasteiger partial charge < -0.3 is 28.4 Å². The summed E-state index contributed by atoms with van der Waals surface area (Å²) in [5.74, 6) is 4.67. The van der Waals surface area contributed by atoms with Gasteiger partial charge >= 0.3 is 17.9 Å². The molecule has 8 unspecified atom stereocenters. The van der Waals surface area contributed by atoms with E-state index in [1.54, 1.807) is 48.5 Å². The molecule has 3 saturated carbocycles. The van der Waals surface area contributed by atoms with Crippen molar-refractivity contribution >= 4 is 17.9 Å². The van der Waals surface area contributed by atoms with E-state index < -0.39 is 11.9 Å². The molecule has 1 saturated heterocycles.